The number of anilines is 1. The molecule has 2 heterocycles. The van der Waals surface area contributed by atoms with Crippen molar-refractivity contribution in [1.82, 2.24) is 9.97 Å². The summed E-state index contributed by atoms with van der Waals surface area (Å²) in [6.45, 7) is 1.95. The highest BCUT2D eigenvalue weighted by atomic mass is 14.8. The Hall–Kier alpha value is -1.90. The van der Waals surface area contributed by atoms with Crippen LogP contribution in [0.3, 0.4) is 0 Å². The molecular weight excluding hydrogens is 174 g/mol. The Labute approximate surface area is 82.6 Å². The molecule has 2 aromatic rings. The molecular formula is C11H11N3. The summed E-state index contributed by atoms with van der Waals surface area (Å²) in [6.07, 6.45) is 5.33. The monoisotopic (exact) mass is 185 g/mol. The molecule has 3 nitrogen and oxygen atoms in total. The molecule has 0 fully saturated rings. The van der Waals surface area contributed by atoms with Crippen LogP contribution in [-0.4, -0.2) is 9.97 Å². The zero-order valence-electron chi connectivity index (χ0n) is 7.94. The molecule has 0 radical (unpaired) electrons. The molecule has 0 spiro atoms. The first-order valence-corrected chi connectivity index (χ1v) is 4.40. The van der Waals surface area contributed by atoms with E-state index in [0.29, 0.717) is 5.82 Å². The minimum atomic E-state index is 0.581. The fraction of sp³-hybridized carbons (Fsp3) is 0.0909. The zero-order chi connectivity index (χ0) is 9.97. The fourth-order valence-corrected chi connectivity index (χ4v) is 1.28. The van der Waals surface area contributed by atoms with E-state index in [4.69, 9.17) is 5.73 Å². The molecule has 0 aliphatic heterocycles. The van der Waals surface area contributed by atoms with E-state index in [0.717, 1.165) is 16.7 Å². The molecule has 2 N–H and O–H groups in total. The number of nitrogens with two attached hydrogens (primary N) is 1. The van der Waals surface area contributed by atoms with Crippen LogP contribution < -0.4 is 5.73 Å². The molecule has 0 amide bonds. The van der Waals surface area contributed by atoms with Crippen LogP contribution in [0.5, 0.6) is 0 Å². The van der Waals surface area contributed by atoms with Gasteiger partial charge in [-0.3, -0.25) is 4.98 Å². The van der Waals surface area contributed by atoms with Gasteiger partial charge in [-0.25, -0.2) is 4.98 Å². The number of nitrogen functional groups attached to an aromatic ring is 1. The molecule has 0 aliphatic carbocycles. The van der Waals surface area contributed by atoms with E-state index in [1.165, 1.54) is 0 Å². The summed E-state index contributed by atoms with van der Waals surface area (Å²) in [6, 6.07) is 5.92. The maximum atomic E-state index is 5.64. The number of aromatic nitrogens is 2. The van der Waals surface area contributed by atoms with E-state index in [1.54, 1.807) is 12.4 Å². The van der Waals surface area contributed by atoms with Crippen molar-refractivity contribution in [2.45, 2.75) is 6.92 Å². The van der Waals surface area contributed by atoms with Crippen LogP contribution in [0, 0.1) is 6.92 Å². The maximum Gasteiger partial charge on any atom is 0.126 e. The Morgan fingerprint density at radius 1 is 1.21 bits per heavy atom. The second kappa shape index (κ2) is 3.46. The van der Waals surface area contributed by atoms with E-state index in [-0.39, 0.29) is 0 Å². The third-order valence-electron chi connectivity index (χ3n) is 2.11. The van der Waals surface area contributed by atoms with Gasteiger partial charge in [-0.05, 0) is 24.6 Å². The lowest BCUT2D eigenvalue weighted by molar-refractivity contribution is 1.27. The minimum absolute atomic E-state index is 0.581. The van der Waals surface area contributed by atoms with Gasteiger partial charge in [-0.2, -0.15) is 0 Å². The second-order valence-corrected chi connectivity index (χ2v) is 3.17. The van der Waals surface area contributed by atoms with Gasteiger partial charge in [0.05, 0.1) is 0 Å². The molecule has 3 heteroatoms. The van der Waals surface area contributed by atoms with Gasteiger partial charge < -0.3 is 5.73 Å². The quantitative estimate of drug-likeness (QED) is 0.739. The van der Waals surface area contributed by atoms with Crippen LogP contribution in [0.1, 0.15) is 5.56 Å². The summed E-state index contributed by atoms with van der Waals surface area (Å²) in [5.74, 6) is 0.581. The number of hydrogen-bond donors (Lipinski definition) is 1. The van der Waals surface area contributed by atoms with E-state index in [2.05, 4.69) is 9.97 Å². The first-order chi connectivity index (χ1) is 6.77. The SMILES string of the molecule is Cc1cc(-c2cccnc2)cnc1N. The highest BCUT2D eigenvalue weighted by molar-refractivity contribution is 5.63. The standard InChI is InChI=1S/C11H11N3/c1-8-5-10(7-14-11(8)12)9-3-2-4-13-6-9/h2-7H,1H3,(H2,12,14). The molecule has 0 saturated heterocycles. The van der Waals surface area contributed by atoms with Crippen LogP contribution in [0.25, 0.3) is 11.1 Å². The van der Waals surface area contributed by atoms with Crippen molar-refractivity contribution in [2.75, 3.05) is 5.73 Å². The topological polar surface area (TPSA) is 51.8 Å². The highest BCUT2D eigenvalue weighted by Gasteiger charge is 2.00. The summed E-state index contributed by atoms with van der Waals surface area (Å²) in [7, 11) is 0. The van der Waals surface area contributed by atoms with E-state index >= 15 is 0 Å². The first kappa shape index (κ1) is 8.69. The molecule has 14 heavy (non-hydrogen) atoms. The highest BCUT2D eigenvalue weighted by Crippen LogP contribution is 2.19. The number of nitrogens with zero attached hydrogens (tertiary/aromatic N) is 2. The molecule has 0 atom stereocenters. The minimum Gasteiger partial charge on any atom is -0.383 e. The molecule has 0 aliphatic rings. The van der Waals surface area contributed by atoms with Crippen LogP contribution in [0.2, 0.25) is 0 Å². The van der Waals surface area contributed by atoms with Gasteiger partial charge in [-0.15, -0.1) is 0 Å². The summed E-state index contributed by atoms with van der Waals surface area (Å²) in [5, 5.41) is 0. The molecule has 2 aromatic heterocycles. The average Bonchev–Trinajstić information content (AvgIpc) is 2.23. The lowest BCUT2D eigenvalue weighted by Crippen LogP contribution is -1.93. The summed E-state index contributed by atoms with van der Waals surface area (Å²) >= 11 is 0. The molecule has 0 unspecified atom stereocenters. The Morgan fingerprint density at radius 3 is 2.71 bits per heavy atom. The van der Waals surface area contributed by atoms with Gasteiger partial charge in [-0.1, -0.05) is 6.07 Å². The number of rotatable bonds is 1. The van der Waals surface area contributed by atoms with Gasteiger partial charge in [0.1, 0.15) is 5.82 Å². The smallest absolute Gasteiger partial charge is 0.126 e. The Kier molecular flexibility index (Phi) is 2.14. The molecule has 2 rings (SSSR count). The lowest BCUT2D eigenvalue weighted by Gasteiger charge is -2.03. The van der Waals surface area contributed by atoms with Crippen molar-refractivity contribution in [3.63, 3.8) is 0 Å². The Bertz CT molecular complexity index is 438. The zero-order valence-corrected chi connectivity index (χ0v) is 7.94. The summed E-state index contributed by atoms with van der Waals surface area (Å²) in [5.41, 5.74) is 8.74. The van der Waals surface area contributed by atoms with Crippen LogP contribution in [0.4, 0.5) is 5.82 Å². The van der Waals surface area contributed by atoms with Crippen molar-refractivity contribution in [1.29, 1.82) is 0 Å². The number of hydrogen-bond acceptors (Lipinski definition) is 3. The van der Waals surface area contributed by atoms with Crippen molar-refractivity contribution in [2.24, 2.45) is 0 Å². The number of aryl methyl sites for hydroxylation is 1. The van der Waals surface area contributed by atoms with Gasteiger partial charge in [0, 0.05) is 29.7 Å². The normalized spacial score (nSPS) is 10.1. The third-order valence-corrected chi connectivity index (χ3v) is 2.11. The van der Waals surface area contributed by atoms with Gasteiger partial charge in [0.2, 0.25) is 0 Å². The van der Waals surface area contributed by atoms with Gasteiger partial charge in [0.15, 0.2) is 0 Å². The Morgan fingerprint density at radius 2 is 2.07 bits per heavy atom. The Balaban J connectivity index is 2.48. The van der Waals surface area contributed by atoms with Crippen molar-refractivity contribution in [3.05, 3.63) is 42.4 Å². The predicted octanol–water partition coefficient (Wildman–Crippen LogP) is 2.03. The van der Waals surface area contributed by atoms with Gasteiger partial charge in [0.25, 0.3) is 0 Å². The third kappa shape index (κ3) is 1.57. The van der Waals surface area contributed by atoms with Crippen molar-refractivity contribution < 1.29 is 0 Å². The lowest BCUT2D eigenvalue weighted by atomic mass is 10.1. The first-order valence-electron chi connectivity index (χ1n) is 4.40. The van der Waals surface area contributed by atoms with Crippen LogP contribution >= 0.6 is 0 Å². The largest absolute Gasteiger partial charge is 0.383 e. The van der Waals surface area contributed by atoms with E-state index < -0.39 is 0 Å². The molecule has 0 saturated carbocycles. The van der Waals surface area contributed by atoms with Crippen molar-refractivity contribution >= 4 is 5.82 Å². The van der Waals surface area contributed by atoms with E-state index in [9.17, 15) is 0 Å². The summed E-state index contributed by atoms with van der Waals surface area (Å²) < 4.78 is 0. The second-order valence-electron chi connectivity index (χ2n) is 3.17. The van der Waals surface area contributed by atoms with Crippen LogP contribution in [-0.2, 0) is 0 Å². The van der Waals surface area contributed by atoms with Gasteiger partial charge >= 0.3 is 0 Å². The maximum absolute atomic E-state index is 5.64. The molecule has 0 aromatic carbocycles. The molecule has 0 bridgehead atoms. The van der Waals surface area contributed by atoms with Crippen LogP contribution in [0.15, 0.2) is 36.8 Å². The molecule has 70 valence electrons. The average molecular weight is 185 g/mol. The summed E-state index contributed by atoms with van der Waals surface area (Å²) in [4.78, 5) is 8.16. The predicted molar refractivity (Wildman–Crippen MR) is 56.6 cm³/mol. The van der Waals surface area contributed by atoms with E-state index in [1.807, 2.05) is 31.3 Å². The fourth-order valence-electron chi connectivity index (χ4n) is 1.28. The van der Waals surface area contributed by atoms with Crippen molar-refractivity contribution in [3.8, 4) is 11.1 Å². The number of pyridine rings is 2.